The number of hydrogen-bond donors (Lipinski definition) is 0. The van der Waals surface area contributed by atoms with Crippen LogP contribution >= 0.6 is 0 Å². The standard InChI is InChI=1S/C21H22N2O/c24-21(22-13-7-2-8-14-22)19-16-23(15-17-9-3-1-4-10-17)20-12-6-5-11-18(19)20/h1,3-6,9-12,16H,2,7-8,13-15H2. The van der Waals surface area contributed by atoms with Gasteiger partial charge in [0.2, 0.25) is 0 Å². The van der Waals surface area contributed by atoms with Gasteiger partial charge < -0.3 is 9.47 Å². The number of rotatable bonds is 3. The first-order valence-corrected chi connectivity index (χ1v) is 8.74. The summed E-state index contributed by atoms with van der Waals surface area (Å²) in [5.74, 6) is 0.178. The van der Waals surface area contributed by atoms with Crippen LogP contribution in [0.3, 0.4) is 0 Å². The Bertz CT molecular complexity index is 845. The summed E-state index contributed by atoms with van der Waals surface area (Å²) in [6.45, 7) is 2.56. The van der Waals surface area contributed by atoms with E-state index in [4.69, 9.17) is 0 Å². The van der Waals surface area contributed by atoms with Crippen molar-refractivity contribution in [2.45, 2.75) is 25.8 Å². The van der Waals surface area contributed by atoms with Crippen LogP contribution in [-0.2, 0) is 6.54 Å². The Morgan fingerprint density at radius 3 is 2.38 bits per heavy atom. The van der Waals surface area contributed by atoms with Gasteiger partial charge in [-0.1, -0.05) is 48.5 Å². The molecule has 3 aromatic rings. The second-order valence-electron chi connectivity index (χ2n) is 6.53. The first kappa shape index (κ1) is 15.0. The average Bonchev–Trinajstić information content (AvgIpc) is 3.01. The fourth-order valence-corrected chi connectivity index (χ4v) is 3.60. The van der Waals surface area contributed by atoms with E-state index in [1.165, 1.54) is 12.0 Å². The summed E-state index contributed by atoms with van der Waals surface area (Å²) < 4.78 is 2.20. The van der Waals surface area contributed by atoms with E-state index in [0.29, 0.717) is 0 Å². The molecular weight excluding hydrogens is 296 g/mol. The van der Waals surface area contributed by atoms with Crippen LogP contribution in [0.15, 0.2) is 60.8 Å². The van der Waals surface area contributed by atoms with E-state index in [0.717, 1.165) is 48.9 Å². The van der Waals surface area contributed by atoms with Crippen molar-refractivity contribution in [3.8, 4) is 0 Å². The van der Waals surface area contributed by atoms with Gasteiger partial charge >= 0.3 is 0 Å². The fraction of sp³-hybridized carbons (Fsp3) is 0.286. The molecule has 0 atom stereocenters. The molecule has 2 heterocycles. The van der Waals surface area contributed by atoms with Crippen LogP contribution in [0, 0.1) is 0 Å². The zero-order valence-corrected chi connectivity index (χ0v) is 13.8. The van der Waals surface area contributed by atoms with Crippen LogP contribution in [0.2, 0.25) is 0 Å². The van der Waals surface area contributed by atoms with E-state index in [2.05, 4.69) is 41.0 Å². The number of amides is 1. The number of fused-ring (bicyclic) bond motifs is 1. The monoisotopic (exact) mass is 318 g/mol. The van der Waals surface area contributed by atoms with Gasteiger partial charge in [-0.15, -0.1) is 0 Å². The number of likely N-dealkylation sites (tertiary alicyclic amines) is 1. The molecule has 0 aliphatic carbocycles. The number of carbonyl (C=O) groups is 1. The van der Waals surface area contributed by atoms with Crippen LogP contribution in [0.25, 0.3) is 10.9 Å². The third-order valence-electron chi connectivity index (χ3n) is 4.86. The van der Waals surface area contributed by atoms with Gasteiger partial charge in [-0.2, -0.15) is 0 Å². The predicted octanol–water partition coefficient (Wildman–Crippen LogP) is 4.32. The Labute approximate surface area is 142 Å². The van der Waals surface area contributed by atoms with E-state index in [1.807, 2.05) is 29.3 Å². The van der Waals surface area contributed by atoms with Crippen molar-refractivity contribution >= 4 is 16.8 Å². The summed E-state index contributed by atoms with van der Waals surface area (Å²) in [5, 5.41) is 1.06. The Balaban J connectivity index is 1.72. The topological polar surface area (TPSA) is 25.2 Å². The van der Waals surface area contributed by atoms with Gasteiger partial charge in [0, 0.05) is 36.7 Å². The smallest absolute Gasteiger partial charge is 0.256 e. The van der Waals surface area contributed by atoms with E-state index < -0.39 is 0 Å². The van der Waals surface area contributed by atoms with Crippen molar-refractivity contribution in [2.24, 2.45) is 0 Å². The third kappa shape index (κ3) is 2.82. The molecule has 0 N–H and O–H groups in total. The summed E-state index contributed by atoms with van der Waals surface area (Å²) in [6, 6.07) is 18.6. The molecule has 0 saturated carbocycles. The highest BCUT2D eigenvalue weighted by Gasteiger charge is 2.22. The highest BCUT2D eigenvalue weighted by Crippen LogP contribution is 2.25. The minimum Gasteiger partial charge on any atom is -0.342 e. The maximum absolute atomic E-state index is 13.0. The molecule has 2 aromatic carbocycles. The van der Waals surface area contributed by atoms with Crippen LogP contribution < -0.4 is 0 Å². The molecule has 0 bridgehead atoms. The lowest BCUT2D eigenvalue weighted by Gasteiger charge is -2.26. The number of benzene rings is 2. The van der Waals surface area contributed by atoms with Crippen molar-refractivity contribution in [1.29, 1.82) is 0 Å². The molecular formula is C21H22N2O. The maximum atomic E-state index is 13.0. The molecule has 1 aliphatic rings. The summed E-state index contributed by atoms with van der Waals surface area (Å²) in [4.78, 5) is 15.0. The summed E-state index contributed by atoms with van der Waals surface area (Å²) in [6.07, 6.45) is 5.51. The molecule has 0 spiro atoms. The lowest BCUT2D eigenvalue weighted by molar-refractivity contribution is 0.0726. The van der Waals surface area contributed by atoms with Gasteiger partial charge in [-0.05, 0) is 30.9 Å². The lowest BCUT2D eigenvalue weighted by Crippen LogP contribution is -2.35. The van der Waals surface area contributed by atoms with E-state index in [1.54, 1.807) is 0 Å². The molecule has 3 nitrogen and oxygen atoms in total. The molecule has 1 saturated heterocycles. The van der Waals surface area contributed by atoms with Crippen molar-refractivity contribution in [1.82, 2.24) is 9.47 Å². The summed E-state index contributed by atoms with van der Waals surface area (Å²) in [7, 11) is 0. The van der Waals surface area contributed by atoms with Gasteiger partial charge in [-0.25, -0.2) is 0 Å². The molecule has 4 rings (SSSR count). The van der Waals surface area contributed by atoms with Crippen LogP contribution in [-0.4, -0.2) is 28.5 Å². The zero-order chi connectivity index (χ0) is 16.4. The normalized spacial score (nSPS) is 14.9. The van der Waals surface area contributed by atoms with Crippen molar-refractivity contribution in [3.05, 3.63) is 71.9 Å². The number of aromatic nitrogens is 1. The van der Waals surface area contributed by atoms with Gasteiger partial charge in [0.05, 0.1) is 5.56 Å². The summed E-state index contributed by atoms with van der Waals surface area (Å²) >= 11 is 0. The molecule has 1 aliphatic heterocycles. The van der Waals surface area contributed by atoms with E-state index >= 15 is 0 Å². The average molecular weight is 318 g/mol. The van der Waals surface area contributed by atoms with E-state index in [9.17, 15) is 4.79 Å². The second-order valence-corrected chi connectivity index (χ2v) is 6.53. The SMILES string of the molecule is O=C(c1cn(Cc2ccccc2)c2ccccc12)N1CCCCC1. The summed E-state index contributed by atoms with van der Waals surface area (Å²) in [5.41, 5.74) is 3.21. The first-order valence-electron chi connectivity index (χ1n) is 8.74. The second kappa shape index (κ2) is 6.52. The molecule has 3 heteroatoms. The quantitative estimate of drug-likeness (QED) is 0.706. The van der Waals surface area contributed by atoms with Crippen molar-refractivity contribution in [2.75, 3.05) is 13.1 Å². The Morgan fingerprint density at radius 2 is 1.58 bits per heavy atom. The first-order chi connectivity index (χ1) is 11.8. The van der Waals surface area contributed by atoms with Crippen LogP contribution in [0.1, 0.15) is 35.2 Å². The van der Waals surface area contributed by atoms with E-state index in [-0.39, 0.29) is 5.91 Å². The highest BCUT2D eigenvalue weighted by atomic mass is 16.2. The Hall–Kier alpha value is -2.55. The lowest BCUT2D eigenvalue weighted by atomic mass is 10.1. The molecule has 1 amide bonds. The number of hydrogen-bond acceptors (Lipinski definition) is 1. The number of para-hydroxylation sites is 1. The minimum atomic E-state index is 0.178. The van der Waals surface area contributed by atoms with Crippen LogP contribution in [0.5, 0.6) is 0 Å². The van der Waals surface area contributed by atoms with Gasteiger partial charge in [0.1, 0.15) is 0 Å². The predicted molar refractivity (Wildman–Crippen MR) is 97.2 cm³/mol. The highest BCUT2D eigenvalue weighted by molar-refractivity contribution is 6.07. The number of piperidine rings is 1. The molecule has 1 fully saturated rings. The van der Waals surface area contributed by atoms with Gasteiger partial charge in [0.15, 0.2) is 0 Å². The van der Waals surface area contributed by atoms with Crippen LogP contribution in [0.4, 0.5) is 0 Å². The molecule has 24 heavy (non-hydrogen) atoms. The fourth-order valence-electron chi connectivity index (χ4n) is 3.60. The maximum Gasteiger partial charge on any atom is 0.256 e. The molecule has 0 radical (unpaired) electrons. The largest absolute Gasteiger partial charge is 0.342 e. The van der Waals surface area contributed by atoms with Crippen molar-refractivity contribution in [3.63, 3.8) is 0 Å². The zero-order valence-electron chi connectivity index (χ0n) is 13.8. The Morgan fingerprint density at radius 1 is 0.875 bits per heavy atom. The van der Waals surface area contributed by atoms with Gasteiger partial charge in [0.25, 0.3) is 5.91 Å². The molecule has 0 unspecified atom stereocenters. The third-order valence-corrected chi connectivity index (χ3v) is 4.86. The molecule has 122 valence electrons. The minimum absolute atomic E-state index is 0.178. The number of carbonyl (C=O) groups excluding carboxylic acids is 1. The van der Waals surface area contributed by atoms with Gasteiger partial charge in [-0.3, -0.25) is 4.79 Å². The number of nitrogens with zero attached hydrogens (tertiary/aromatic N) is 2. The molecule has 1 aromatic heterocycles. The van der Waals surface area contributed by atoms with Crippen molar-refractivity contribution < 1.29 is 4.79 Å². The Kier molecular flexibility index (Phi) is 4.08.